The molecule has 2 aromatic heterocycles. The normalized spacial score (nSPS) is 9.67. The van der Waals surface area contributed by atoms with Gasteiger partial charge in [-0.2, -0.15) is 0 Å². The van der Waals surface area contributed by atoms with E-state index in [1.807, 2.05) is 36.7 Å². The molecule has 0 radical (unpaired) electrons. The highest BCUT2D eigenvalue weighted by molar-refractivity contribution is 6.15. The van der Waals surface area contributed by atoms with Gasteiger partial charge in [0.25, 0.3) is 0 Å². The predicted molar refractivity (Wildman–Crippen MR) is 91.3 cm³/mol. The topological polar surface area (TPSA) is 43.3 Å². The number of ether oxygens (including phenoxy) is 1. The number of halogens is 1. The minimum atomic E-state index is -0.225. The second-order valence-electron chi connectivity index (χ2n) is 5.03. The van der Waals surface area contributed by atoms with Crippen molar-refractivity contribution in [2.45, 2.75) is 32.9 Å². The lowest BCUT2D eigenvalue weighted by Gasteiger charge is -2.04. The van der Waals surface area contributed by atoms with E-state index < -0.39 is 0 Å². The minimum absolute atomic E-state index is 0.225. The summed E-state index contributed by atoms with van der Waals surface area (Å²) in [5.74, 6) is -0.225. The molecule has 24 heavy (non-hydrogen) atoms. The smallest absolute Gasteiger partial charge is 0.310 e. The van der Waals surface area contributed by atoms with Crippen LogP contribution in [0.1, 0.15) is 24.5 Å². The summed E-state index contributed by atoms with van der Waals surface area (Å²) in [4.78, 5) is 16.9. The van der Waals surface area contributed by atoms with Gasteiger partial charge in [0.2, 0.25) is 12.4 Å². The second kappa shape index (κ2) is 11.4. The van der Waals surface area contributed by atoms with Crippen LogP contribution in [-0.4, -0.2) is 19.5 Å². The van der Waals surface area contributed by atoms with Gasteiger partial charge in [0, 0.05) is 47.4 Å². The SMILES string of the molecule is CCC[n+]1ccc(CC(=O)OCc2cc[n+](OC)cc2)cc1.CCl. The average Bonchev–Trinajstić information content (AvgIpc) is 2.64. The fourth-order valence-corrected chi connectivity index (χ4v) is 2.06. The van der Waals surface area contributed by atoms with E-state index in [0.29, 0.717) is 0 Å². The highest BCUT2D eigenvalue weighted by Crippen LogP contribution is 2.02. The summed E-state index contributed by atoms with van der Waals surface area (Å²) in [5.41, 5.74) is 1.89. The minimum Gasteiger partial charge on any atom is -0.461 e. The molecule has 0 saturated heterocycles. The van der Waals surface area contributed by atoms with Crippen molar-refractivity contribution in [3.05, 3.63) is 60.2 Å². The average molecular weight is 353 g/mol. The van der Waals surface area contributed by atoms with Crippen molar-refractivity contribution >= 4 is 17.6 Å². The van der Waals surface area contributed by atoms with Crippen molar-refractivity contribution in [1.82, 2.24) is 0 Å². The summed E-state index contributed by atoms with van der Waals surface area (Å²) >= 11 is 4.64. The van der Waals surface area contributed by atoms with Gasteiger partial charge in [-0.05, 0) is 5.56 Å². The number of aryl methyl sites for hydroxylation is 1. The molecule has 0 saturated carbocycles. The molecule has 2 aromatic rings. The Morgan fingerprint density at radius 3 is 2.17 bits per heavy atom. The van der Waals surface area contributed by atoms with Crippen LogP contribution in [0.2, 0.25) is 0 Å². The molecule has 130 valence electrons. The van der Waals surface area contributed by atoms with Gasteiger partial charge < -0.3 is 4.74 Å². The fraction of sp³-hybridized carbons (Fsp3) is 0.389. The molecule has 6 heteroatoms. The Labute approximate surface area is 148 Å². The molecule has 0 fully saturated rings. The number of alkyl halides is 1. The third kappa shape index (κ3) is 6.96. The van der Waals surface area contributed by atoms with E-state index in [9.17, 15) is 4.79 Å². The molecule has 0 aliphatic heterocycles. The standard InChI is InChI=1S/C17H22N2O3.CH3Cl/c1-3-8-18-9-4-15(5-10-18)13-17(20)22-14-16-6-11-19(21-2)12-7-16;1-2/h4-7,9-12H,3,8,13-14H2,1-2H3;1H3/q+2;. The lowest BCUT2D eigenvalue weighted by molar-refractivity contribution is -0.885. The number of carbonyl (C=O) groups excluding carboxylic acids is 1. The third-order valence-electron chi connectivity index (χ3n) is 3.27. The molecule has 2 heterocycles. The Balaban J connectivity index is 0.00000139. The number of rotatable bonds is 7. The highest BCUT2D eigenvalue weighted by Gasteiger charge is 2.08. The Kier molecular flexibility index (Phi) is 9.46. The highest BCUT2D eigenvalue weighted by atomic mass is 35.5. The predicted octanol–water partition coefficient (Wildman–Crippen LogP) is 1.87. The van der Waals surface area contributed by atoms with E-state index >= 15 is 0 Å². The molecular formula is C18H25ClN2O3+2. The van der Waals surface area contributed by atoms with E-state index in [1.165, 1.54) is 6.38 Å². The summed E-state index contributed by atoms with van der Waals surface area (Å²) < 4.78 is 8.96. The molecular weight excluding hydrogens is 328 g/mol. The number of aromatic nitrogens is 2. The third-order valence-corrected chi connectivity index (χ3v) is 3.27. The zero-order chi connectivity index (χ0) is 17.8. The Morgan fingerprint density at radius 1 is 1.04 bits per heavy atom. The van der Waals surface area contributed by atoms with E-state index in [4.69, 9.17) is 9.57 Å². The number of pyridine rings is 2. The zero-order valence-corrected chi connectivity index (χ0v) is 15.2. The van der Waals surface area contributed by atoms with E-state index in [2.05, 4.69) is 23.1 Å². The molecule has 0 amide bonds. The molecule has 0 aliphatic carbocycles. The molecule has 0 N–H and O–H groups in total. The molecule has 0 bridgehead atoms. The summed E-state index contributed by atoms with van der Waals surface area (Å²) in [6.45, 7) is 3.39. The second-order valence-corrected chi connectivity index (χ2v) is 5.03. The molecule has 5 nitrogen and oxygen atoms in total. The van der Waals surface area contributed by atoms with Crippen LogP contribution in [0.5, 0.6) is 0 Å². The fourth-order valence-electron chi connectivity index (χ4n) is 2.06. The maximum Gasteiger partial charge on any atom is 0.310 e. The number of carbonyl (C=O) groups is 1. The monoisotopic (exact) mass is 352 g/mol. The first kappa shape index (κ1) is 19.9. The van der Waals surface area contributed by atoms with Crippen LogP contribution in [0.3, 0.4) is 0 Å². The van der Waals surface area contributed by atoms with Crippen molar-refractivity contribution in [2.75, 3.05) is 13.5 Å². The van der Waals surface area contributed by atoms with Gasteiger partial charge in [-0.3, -0.25) is 9.63 Å². The van der Waals surface area contributed by atoms with Gasteiger partial charge in [0.15, 0.2) is 12.4 Å². The van der Waals surface area contributed by atoms with Crippen LogP contribution in [0.15, 0.2) is 49.1 Å². The summed E-state index contributed by atoms with van der Waals surface area (Å²) in [6, 6.07) is 7.63. The van der Waals surface area contributed by atoms with Crippen molar-refractivity contribution in [3.8, 4) is 0 Å². The molecule has 0 atom stereocenters. The summed E-state index contributed by atoms with van der Waals surface area (Å²) in [5, 5.41) is 0. The molecule has 0 aromatic carbocycles. The Hall–Kier alpha value is -2.14. The van der Waals surface area contributed by atoms with Gasteiger partial charge in [0.05, 0.1) is 6.42 Å². The zero-order valence-electron chi connectivity index (χ0n) is 14.4. The Morgan fingerprint density at radius 2 is 1.62 bits per heavy atom. The summed E-state index contributed by atoms with van der Waals surface area (Å²) in [7, 11) is 1.59. The molecule has 0 aliphatic rings. The lowest BCUT2D eigenvalue weighted by atomic mass is 10.2. The van der Waals surface area contributed by atoms with Crippen LogP contribution in [0, 0.1) is 0 Å². The van der Waals surface area contributed by atoms with Crippen LogP contribution in [0.25, 0.3) is 0 Å². The first-order valence-electron chi connectivity index (χ1n) is 7.77. The maximum absolute atomic E-state index is 11.9. The maximum atomic E-state index is 11.9. The van der Waals surface area contributed by atoms with E-state index in [1.54, 1.807) is 24.2 Å². The lowest BCUT2D eigenvalue weighted by Crippen LogP contribution is -2.39. The Bertz CT molecular complexity index is 601. The van der Waals surface area contributed by atoms with Crippen LogP contribution in [0.4, 0.5) is 0 Å². The van der Waals surface area contributed by atoms with E-state index in [0.717, 1.165) is 24.1 Å². The summed E-state index contributed by atoms with van der Waals surface area (Å²) in [6.07, 6.45) is 10.4. The van der Waals surface area contributed by atoms with Gasteiger partial charge in [0.1, 0.15) is 20.3 Å². The van der Waals surface area contributed by atoms with Crippen LogP contribution < -0.4 is 14.1 Å². The van der Waals surface area contributed by atoms with Crippen LogP contribution >= 0.6 is 11.6 Å². The van der Waals surface area contributed by atoms with Gasteiger partial charge in [-0.15, -0.1) is 11.6 Å². The van der Waals surface area contributed by atoms with Gasteiger partial charge >= 0.3 is 5.97 Å². The first-order chi connectivity index (χ1) is 11.7. The number of hydrogen-bond donors (Lipinski definition) is 0. The number of hydrogen-bond acceptors (Lipinski definition) is 3. The van der Waals surface area contributed by atoms with Crippen molar-refractivity contribution < 1.29 is 23.7 Å². The quantitative estimate of drug-likeness (QED) is 0.434. The molecule has 0 spiro atoms. The largest absolute Gasteiger partial charge is 0.461 e. The molecule has 0 unspecified atom stereocenters. The van der Waals surface area contributed by atoms with Crippen LogP contribution in [-0.2, 0) is 29.1 Å². The molecule has 2 rings (SSSR count). The number of esters is 1. The van der Waals surface area contributed by atoms with Gasteiger partial charge in [-0.1, -0.05) is 6.92 Å². The number of nitrogens with zero attached hydrogens (tertiary/aromatic N) is 2. The van der Waals surface area contributed by atoms with Crippen molar-refractivity contribution in [2.24, 2.45) is 0 Å². The van der Waals surface area contributed by atoms with Crippen molar-refractivity contribution in [1.29, 1.82) is 0 Å². The van der Waals surface area contributed by atoms with E-state index in [-0.39, 0.29) is 19.0 Å². The van der Waals surface area contributed by atoms with Crippen molar-refractivity contribution in [3.63, 3.8) is 0 Å². The first-order valence-corrected chi connectivity index (χ1v) is 8.53. The van der Waals surface area contributed by atoms with Gasteiger partial charge in [-0.25, -0.2) is 4.57 Å².